The van der Waals surface area contributed by atoms with Gasteiger partial charge in [-0.15, -0.1) is 10.2 Å². The van der Waals surface area contributed by atoms with Crippen LogP contribution in [0.3, 0.4) is 0 Å². The van der Waals surface area contributed by atoms with Crippen molar-refractivity contribution in [3.05, 3.63) is 76.0 Å². The molecule has 2 heterocycles. The quantitative estimate of drug-likeness (QED) is 0.400. The van der Waals surface area contributed by atoms with Crippen LogP contribution in [0.1, 0.15) is 17.0 Å². The van der Waals surface area contributed by atoms with Gasteiger partial charge in [0, 0.05) is 21.2 Å². The monoisotopic (exact) mass is 435 g/mol. The molecule has 1 N–H and O–H groups in total. The van der Waals surface area contributed by atoms with Crippen LogP contribution in [0.2, 0.25) is 0 Å². The smallest absolute Gasteiger partial charge is 0.269 e. The predicted molar refractivity (Wildman–Crippen MR) is 113 cm³/mol. The number of halogens is 1. The molecule has 0 fully saturated rings. The van der Waals surface area contributed by atoms with Gasteiger partial charge in [-0.2, -0.15) is 0 Å². The summed E-state index contributed by atoms with van der Waals surface area (Å²) in [5.74, 6) is 0.334. The molecule has 0 atom stereocenters. The Kier molecular flexibility index (Phi) is 4.92. The highest BCUT2D eigenvalue weighted by Gasteiger charge is 2.17. The van der Waals surface area contributed by atoms with Crippen LogP contribution in [0.15, 0.2) is 69.3 Å². The Morgan fingerprint density at radius 3 is 2.39 bits per heavy atom. The standard InChI is InChI=1S/C21H18BrN5O/c1-13-10-14(2)24-21(23-13)26-25-19-17-11-16(22)8-9-18(17)27(20(19)28)12-15-6-4-3-5-7-15/h3-11,28H,12H2,1-2H3. The summed E-state index contributed by atoms with van der Waals surface area (Å²) in [7, 11) is 0. The molecule has 4 aromatic rings. The van der Waals surface area contributed by atoms with Crippen molar-refractivity contribution in [3.8, 4) is 5.88 Å². The van der Waals surface area contributed by atoms with Crippen molar-refractivity contribution < 1.29 is 5.11 Å². The van der Waals surface area contributed by atoms with Gasteiger partial charge in [-0.25, -0.2) is 9.97 Å². The molecule has 0 aliphatic heterocycles. The third kappa shape index (κ3) is 3.66. The highest BCUT2D eigenvalue weighted by molar-refractivity contribution is 9.10. The minimum Gasteiger partial charge on any atom is -0.493 e. The number of azo groups is 1. The van der Waals surface area contributed by atoms with Crippen LogP contribution in [0.5, 0.6) is 5.88 Å². The average molecular weight is 436 g/mol. The fourth-order valence-corrected chi connectivity index (χ4v) is 3.53. The van der Waals surface area contributed by atoms with Crippen LogP contribution < -0.4 is 0 Å². The lowest BCUT2D eigenvalue weighted by molar-refractivity contribution is 0.429. The summed E-state index contributed by atoms with van der Waals surface area (Å²) in [4.78, 5) is 8.56. The third-order valence-electron chi connectivity index (χ3n) is 4.37. The molecule has 0 saturated carbocycles. The van der Waals surface area contributed by atoms with E-state index in [9.17, 15) is 5.11 Å². The molecule has 0 aliphatic rings. The Hall–Kier alpha value is -3.06. The van der Waals surface area contributed by atoms with Crippen LogP contribution in [0.25, 0.3) is 10.9 Å². The van der Waals surface area contributed by atoms with E-state index in [-0.39, 0.29) is 11.8 Å². The molecule has 28 heavy (non-hydrogen) atoms. The van der Waals surface area contributed by atoms with E-state index in [0.29, 0.717) is 12.2 Å². The zero-order valence-corrected chi connectivity index (χ0v) is 17.1. The maximum atomic E-state index is 10.9. The molecule has 4 rings (SSSR count). The zero-order valence-electron chi connectivity index (χ0n) is 15.5. The molecule has 0 spiro atoms. The van der Waals surface area contributed by atoms with E-state index >= 15 is 0 Å². The van der Waals surface area contributed by atoms with E-state index in [4.69, 9.17) is 0 Å². The summed E-state index contributed by atoms with van der Waals surface area (Å²) in [6.45, 7) is 4.29. The number of fused-ring (bicyclic) bond motifs is 1. The summed E-state index contributed by atoms with van der Waals surface area (Å²) in [5, 5.41) is 20.2. The second-order valence-electron chi connectivity index (χ2n) is 6.56. The molecule has 2 aromatic heterocycles. The third-order valence-corrected chi connectivity index (χ3v) is 4.86. The summed E-state index contributed by atoms with van der Waals surface area (Å²) in [6, 6.07) is 17.7. The van der Waals surface area contributed by atoms with Crippen molar-refractivity contribution in [1.82, 2.24) is 14.5 Å². The lowest BCUT2D eigenvalue weighted by Crippen LogP contribution is -1.98. The highest BCUT2D eigenvalue weighted by atomic mass is 79.9. The van der Waals surface area contributed by atoms with Crippen LogP contribution in [0.4, 0.5) is 11.6 Å². The highest BCUT2D eigenvalue weighted by Crippen LogP contribution is 2.40. The van der Waals surface area contributed by atoms with Gasteiger partial charge in [-0.1, -0.05) is 46.3 Å². The second kappa shape index (κ2) is 7.52. The van der Waals surface area contributed by atoms with Crippen molar-refractivity contribution in [1.29, 1.82) is 0 Å². The largest absolute Gasteiger partial charge is 0.493 e. The Bertz CT molecular complexity index is 1160. The molecular formula is C21H18BrN5O. The number of rotatable bonds is 4. The molecule has 2 aromatic carbocycles. The lowest BCUT2D eigenvalue weighted by atomic mass is 10.2. The molecule has 0 amide bonds. The molecular weight excluding hydrogens is 418 g/mol. The van der Waals surface area contributed by atoms with E-state index in [1.165, 1.54) is 0 Å². The van der Waals surface area contributed by atoms with Gasteiger partial charge in [0.05, 0.1) is 12.1 Å². The topological polar surface area (TPSA) is 75.7 Å². The van der Waals surface area contributed by atoms with Crippen LogP contribution in [-0.4, -0.2) is 19.6 Å². The minimum atomic E-state index is 0.0603. The molecule has 7 heteroatoms. The van der Waals surface area contributed by atoms with Crippen molar-refractivity contribution in [2.75, 3.05) is 0 Å². The Morgan fingerprint density at radius 1 is 0.964 bits per heavy atom. The van der Waals surface area contributed by atoms with Gasteiger partial charge in [0.15, 0.2) is 5.69 Å². The van der Waals surface area contributed by atoms with Crippen molar-refractivity contribution >= 4 is 38.5 Å². The van der Waals surface area contributed by atoms with E-state index < -0.39 is 0 Å². The van der Waals surface area contributed by atoms with Crippen LogP contribution >= 0.6 is 15.9 Å². The second-order valence-corrected chi connectivity index (χ2v) is 7.47. The van der Waals surface area contributed by atoms with Gasteiger partial charge in [-0.05, 0) is 43.7 Å². The lowest BCUT2D eigenvalue weighted by Gasteiger charge is -2.07. The minimum absolute atomic E-state index is 0.0603. The van der Waals surface area contributed by atoms with Gasteiger partial charge < -0.3 is 9.67 Å². The number of benzene rings is 2. The number of aryl methyl sites for hydroxylation is 2. The Labute approximate surface area is 170 Å². The van der Waals surface area contributed by atoms with Gasteiger partial charge in [-0.3, -0.25) is 0 Å². The van der Waals surface area contributed by atoms with Crippen molar-refractivity contribution in [2.45, 2.75) is 20.4 Å². The maximum Gasteiger partial charge on any atom is 0.269 e. The first kappa shape index (κ1) is 18.3. The first-order valence-corrected chi connectivity index (χ1v) is 9.59. The predicted octanol–water partition coefficient (Wildman–Crippen LogP) is 5.98. The molecule has 0 bridgehead atoms. The summed E-state index contributed by atoms with van der Waals surface area (Å²) >= 11 is 3.49. The molecule has 0 aliphatic carbocycles. The van der Waals surface area contributed by atoms with E-state index in [2.05, 4.69) is 36.1 Å². The van der Waals surface area contributed by atoms with E-state index in [1.807, 2.05) is 73.0 Å². The molecule has 0 unspecified atom stereocenters. The zero-order chi connectivity index (χ0) is 19.7. The van der Waals surface area contributed by atoms with Crippen LogP contribution in [-0.2, 0) is 6.54 Å². The average Bonchev–Trinajstić information content (AvgIpc) is 2.91. The molecule has 0 radical (unpaired) electrons. The molecule has 140 valence electrons. The SMILES string of the molecule is Cc1cc(C)nc(N=Nc2c(O)n(Cc3ccccc3)c3ccc(Br)cc23)n1. The molecule has 6 nitrogen and oxygen atoms in total. The van der Waals surface area contributed by atoms with Crippen molar-refractivity contribution in [2.24, 2.45) is 10.2 Å². The normalized spacial score (nSPS) is 11.5. The maximum absolute atomic E-state index is 10.9. The van der Waals surface area contributed by atoms with E-state index in [1.54, 1.807) is 0 Å². The Morgan fingerprint density at radius 2 is 1.68 bits per heavy atom. The summed E-state index contributed by atoms with van der Waals surface area (Å²) < 4.78 is 2.73. The number of aromatic nitrogens is 3. The fraction of sp³-hybridized carbons (Fsp3) is 0.143. The number of nitrogens with zero attached hydrogens (tertiary/aromatic N) is 5. The first-order valence-electron chi connectivity index (χ1n) is 8.80. The van der Waals surface area contributed by atoms with Crippen LogP contribution in [0, 0.1) is 13.8 Å². The van der Waals surface area contributed by atoms with Gasteiger partial charge in [0.25, 0.3) is 5.95 Å². The Balaban J connectivity index is 1.82. The van der Waals surface area contributed by atoms with Crippen molar-refractivity contribution in [3.63, 3.8) is 0 Å². The molecule has 0 saturated heterocycles. The summed E-state index contributed by atoms with van der Waals surface area (Å²) in [5.41, 5.74) is 3.99. The number of hydrogen-bond acceptors (Lipinski definition) is 5. The van der Waals surface area contributed by atoms with Gasteiger partial charge in [0.2, 0.25) is 5.88 Å². The van der Waals surface area contributed by atoms with Gasteiger partial charge >= 0.3 is 0 Å². The number of aromatic hydroxyl groups is 1. The van der Waals surface area contributed by atoms with Gasteiger partial charge in [0.1, 0.15) is 0 Å². The first-order chi connectivity index (χ1) is 13.5. The summed E-state index contributed by atoms with van der Waals surface area (Å²) in [6.07, 6.45) is 0. The number of hydrogen-bond donors (Lipinski definition) is 1. The van der Waals surface area contributed by atoms with E-state index in [0.717, 1.165) is 32.3 Å². The fourth-order valence-electron chi connectivity index (χ4n) is 3.17.